The maximum atomic E-state index is 12.0. The van der Waals surface area contributed by atoms with Gasteiger partial charge in [-0.1, -0.05) is 15.9 Å². The number of nitro groups is 1. The van der Waals surface area contributed by atoms with Crippen molar-refractivity contribution in [3.05, 3.63) is 27.6 Å². The molecular weight excluding hydrogens is 309 g/mol. The van der Waals surface area contributed by atoms with Gasteiger partial charge in [0.2, 0.25) is 5.75 Å². The molecule has 0 aliphatic rings. The predicted molar refractivity (Wildman–Crippen MR) is 54.9 cm³/mol. The molecule has 0 amide bonds. The smallest absolute Gasteiger partial charge is 0.397 e. The lowest BCUT2D eigenvalue weighted by atomic mass is 10.2. The molecule has 0 unspecified atom stereocenters. The highest BCUT2D eigenvalue weighted by molar-refractivity contribution is 9.08. The van der Waals surface area contributed by atoms with Gasteiger partial charge in [0.05, 0.1) is 16.7 Å². The summed E-state index contributed by atoms with van der Waals surface area (Å²) >= 11 is 2.96. The highest BCUT2D eigenvalue weighted by atomic mass is 79.9. The van der Waals surface area contributed by atoms with Gasteiger partial charge >= 0.3 is 12.0 Å². The minimum absolute atomic E-state index is 0.0111. The van der Waals surface area contributed by atoms with Crippen LogP contribution in [0.15, 0.2) is 6.20 Å². The zero-order valence-electron chi connectivity index (χ0n) is 8.42. The molecule has 0 fully saturated rings. The first-order valence-electron chi connectivity index (χ1n) is 4.21. The lowest BCUT2D eigenvalue weighted by molar-refractivity contribution is -0.389. The second-order valence-electron chi connectivity index (χ2n) is 2.97. The second kappa shape index (κ2) is 4.86. The molecule has 94 valence electrons. The molecule has 17 heavy (non-hydrogen) atoms. The summed E-state index contributed by atoms with van der Waals surface area (Å²) in [6.07, 6.45) is -4.31. The number of halogens is 4. The van der Waals surface area contributed by atoms with Crippen LogP contribution in [0.3, 0.4) is 0 Å². The maximum absolute atomic E-state index is 12.0. The van der Waals surface area contributed by atoms with E-state index in [1.807, 2.05) is 0 Å². The summed E-state index contributed by atoms with van der Waals surface area (Å²) in [4.78, 5) is 13.4. The molecule has 0 saturated heterocycles. The Kier molecular flexibility index (Phi) is 3.91. The summed E-state index contributed by atoms with van der Waals surface area (Å²) in [5.74, 6) is -0.914. The van der Waals surface area contributed by atoms with Crippen LogP contribution in [0.1, 0.15) is 11.3 Å². The van der Waals surface area contributed by atoms with Crippen molar-refractivity contribution in [3.63, 3.8) is 0 Å². The number of ether oxygens (including phenoxy) is 1. The van der Waals surface area contributed by atoms with Crippen molar-refractivity contribution >= 4 is 21.6 Å². The summed E-state index contributed by atoms with van der Waals surface area (Å²) in [7, 11) is 0. The van der Waals surface area contributed by atoms with Crippen LogP contribution in [0.2, 0.25) is 0 Å². The molecule has 0 aromatic carbocycles. The van der Waals surface area contributed by atoms with Crippen LogP contribution in [0.4, 0.5) is 18.9 Å². The molecule has 0 saturated carbocycles. The van der Waals surface area contributed by atoms with E-state index in [0.717, 1.165) is 0 Å². The average Bonchev–Trinajstić information content (AvgIpc) is 2.17. The molecule has 5 nitrogen and oxygen atoms in total. The molecule has 1 rings (SSSR count). The van der Waals surface area contributed by atoms with Gasteiger partial charge in [-0.05, 0) is 6.92 Å². The second-order valence-corrected chi connectivity index (χ2v) is 3.53. The largest absolute Gasteiger partial charge is 0.573 e. The number of rotatable bonds is 3. The fraction of sp³-hybridized carbons (Fsp3) is 0.375. The van der Waals surface area contributed by atoms with Crippen LogP contribution in [0, 0.1) is 17.0 Å². The van der Waals surface area contributed by atoms with Gasteiger partial charge in [0.1, 0.15) is 0 Å². The lowest BCUT2D eigenvalue weighted by Gasteiger charge is -2.11. The van der Waals surface area contributed by atoms with E-state index in [-0.39, 0.29) is 16.6 Å². The SMILES string of the molecule is Cc1ncc(OC(F)(F)F)c([N+](=O)[O-])c1CBr. The van der Waals surface area contributed by atoms with Gasteiger partial charge in [0.25, 0.3) is 0 Å². The van der Waals surface area contributed by atoms with Gasteiger partial charge in [-0.25, -0.2) is 0 Å². The molecule has 0 aliphatic heterocycles. The third kappa shape index (κ3) is 3.29. The number of aromatic nitrogens is 1. The van der Waals surface area contributed by atoms with Crippen molar-refractivity contribution in [3.8, 4) is 5.75 Å². The zero-order valence-corrected chi connectivity index (χ0v) is 10.0. The third-order valence-corrected chi connectivity index (χ3v) is 2.43. The molecule has 1 heterocycles. The Labute approximate surface area is 102 Å². The Morgan fingerprint density at radius 3 is 2.59 bits per heavy atom. The number of alkyl halides is 4. The van der Waals surface area contributed by atoms with Crippen molar-refractivity contribution in [1.29, 1.82) is 0 Å². The van der Waals surface area contributed by atoms with Crippen molar-refractivity contribution < 1.29 is 22.8 Å². The number of aryl methyl sites for hydroxylation is 1. The fourth-order valence-electron chi connectivity index (χ4n) is 1.17. The van der Waals surface area contributed by atoms with Gasteiger partial charge in [-0.2, -0.15) is 0 Å². The molecule has 1 aromatic heterocycles. The molecule has 1 aromatic rings. The quantitative estimate of drug-likeness (QED) is 0.488. The molecule has 0 spiro atoms. The summed E-state index contributed by atoms with van der Waals surface area (Å²) in [5.41, 5.74) is -0.411. The normalized spacial score (nSPS) is 11.4. The van der Waals surface area contributed by atoms with E-state index in [4.69, 9.17) is 0 Å². The minimum Gasteiger partial charge on any atom is -0.397 e. The zero-order chi connectivity index (χ0) is 13.2. The van der Waals surface area contributed by atoms with Crippen LogP contribution in [-0.2, 0) is 5.33 Å². The van der Waals surface area contributed by atoms with Gasteiger partial charge in [0, 0.05) is 11.0 Å². The van der Waals surface area contributed by atoms with E-state index in [2.05, 4.69) is 25.7 Å². The van der Waals surface area contributed by atoms with E-state index in [1.165, 1.54) is 6.92 Å². The molecule has 9 heteroatoms. The van der Waals surface area contributed by atoms with Gasteiger partial charge in [0.15, 0.2) is 0 Å². The highest BCUT2D eigenvalue weighted by Gasteiger charge is 2.36. The maximum Gasteiger partial charge on any atom is 0.573 e. The average molecular weight is 315 g/mol. The van der Waals surface area contributed by atoms with E-state index < -0.39 is 22.7 Å². The van der Waals surface area contributed by atoms with Crippen molar-refractivity contribution in [1.82, 2.24) is 4.98 Å². The Morgan fingerprint density at radius 1 is 1.59 bits per heavy atom. The van der Waals surface area contributed by atoms with Crippen LogP contribution in [0.5, 0.6) is 5.75 Å². The van der Waals surface area contributed by atoms with E-state index in [9.17, 15) is 23.3 Å². The van der Waals surface area contributed by atoms with Crippen LogP contribution >= 0.6 is 15.9 Å². The first-order valence-corrected chi connectivity index (χ1v) is 5.33. The Morgan fingerprint density at radius 2 is 2.18 bits per heavy atom. The molecular formula is C8H6BrF3N2O3. The number of hydrogen-bond donors (Lipinski definition) is 0. The first-order chi connectivity index (χ1) is 7.76. The van der Waals surface area contributed by atoms with E-state index in [1.54, 1.807) is 0 Å². The Bertz CT molecular complexity index is 450. The molecule has 0 atom stereocenters. The monoisotopic (exact) mass is 314 g/mol. The topological polar surface area (TPSA) is 65.3 Å². The predicted octanol–water partition coefficient (Wildman–Crippen LogP) is 3.09. The summed E-state index contributed by atoms with van der Waals surface area (Å²) in [5, 5.41) is 10.8. The summed E-state index contributed by atoms with van der Waals surface area (Å²) in [6, 6.07) is 0. The fourth-order valence-corrected chi connectivity index (χ4v) is 1.85. The van der Waals surface area contributed by atoms with Crippen LogP contribution in [0.25, 0.3) is 0 Å². The number of hydrogen-bond acceptors (Lipinski definition) is 4. The molecule has 0 radical (unpaired) electrons. The van der Waals surface area contributed by atoms with Gasteiger partial charge in [-0.15, -0.1) is 13.2 Å². The van der Waals surface area contributed by atoms with Crippen molar-refractivity contribution in [2.45, 2.75) is 18.6 Å². The van der Waals surface area contributed by atoms with E-state index >= 15 is 0 Å². The number of nitrogens with zero attached hydrogens (tertiary/aromatic N) is 2. The minimum atomic E-state index is -4.99. The van der Waals surface area contributed by atoms with Crippen LogP contribution < -0.4 is 4.74 Å². The first kappa shape index (κ1) is 13.7. The van der Waals surface area contributed by atoms with Crippen molar-refractivity contribution in [2.24, 2.45) is 0 Å². The standard InChI is InChI=1S/C8H6BrF3N2O3/c1-4-5(2-9)7(14(15)16)6(3-13-4)17-8(10,11)12/h3H,2H2,1H3. The van der Waals surface area contributed by atoms with Gasteiger partial charge in [-0.3, -0.25) is 15.1 Å². The lowest BCUT2D eigenvalue weighted by Crippen LogP contribution is -2.18. The summed E-state index contributed by atoms with van der Waals surface area (Å²) in [6.45, 7) is 1.46. The van der Waals surface area contributed by atoms with Crippen LogP contribution in [-0.4, -0.2) is 16.3 Å². The van der Waals surface area contributed by atoms with Gasteiger partial charge < -0.3 is 4.74 Å². The summed E-state index contributed by atoms with van der Waals surface area (Å²) < 4.78 is 39.7. The van der Waals surface area contributed by atoms with E-state index in [0.29, 0.717) is 6.20 Å². The molecule has 0 aliphatic carbocycles. The van der Waals surface area contributed by atoms with Crippen molar-refractivity contribution in [2.75, 3.05) is 0 Å². The molecule has 0 bridgehead atoms. The third-order valence-electron chi connectivity index (χ3n) is 1.87. The Balaban J connectivity index is 3.36. The molecule has 0 N–H and O–H groups in total. The number of pyridine rings is 1. The Hall–Kier alpha value is -1.38. The highest BCUT2D eigenvalue weighted by Crippen LogP contribution is 2.36.